The Hall–Kier alpha value is -0.890. The molecule has 1 nitrogen and oxygen atoms in total. The summed E-state index contributed by atoms with van der Waals surface area (Å²) in [6.07, 6.45) is 2.33. The first kappa shape index (κ1) is 12.6. The molecule has 94 valence electrons. The maximum atomic E-state index is 13.9. The topological polar surface area (TPSA) is 12.0 Å². The van der Waals surface area contributed by atoms with Crippen LogP contribution in [0.3, 0.4) is 0 Å². The average Bonchev–Trinajstić information content (AvgIpc) is 2.65. The Labute approximate surface area is 103 Å². The summed E-state index contributed by atoms with van der Waals surface area (Å²) in [5.41, 5.74) is 3.19. The van der Waals surface area contributed by atoms with E-state index in [-0.39, 0.29) is 17.3 Å². The van der Waals surface area contributed by atoms with Crippen molar-refractivity contribution in [1.82, 2.24) is 5.32 Å². The van der Waals surface area contributed by atoms with Crippen molar-refractivity contribution in [2.45, 2.75) is 52.0 Å². The van der Waals surface area contributed by atoms with Gasteiger partial charge in [0.25, 0.3) is 0 Å². The monoisotopic (exact) mass is 235 g/mol. The molecule has 1 heterocycles. The SMILES string of the molecule is Cc1cc(F)c(C(C)C)cc1C1(C)CCCN1. The zero-order chi connectivity index (χ0) is 12.6. The highest BCUT2D eigenvalue weighted by Crippen LogP contribution is 2.35. The summed E-state index contributed by atoms with van der Waals surface area (Å²) in [7, 11) is 0. The first-order chi connectivity index (χ1) is 7.94. The Bertz CT molecular complexity index is 417. The Kier molecular flexibility index (Phi) is 3.26. The molecule has 0 bridgehead atoms. The van der Waals surface area contributed by atoms with Gasteiger partial charge in [0.1, 0.15) is 5.82 Å². The van der Waals surface area contributed by atoms with Gasteiger partial charge in [0.2, 0.25) is 0 Å². The highest BCUT2D eigenvalue weighted by atomic mass is 19.1. The zero-order valence-corrected chi connectivity index (χ0v) is 11.2. The summed E-state index contributed by atoms with van der Waals surface area (Å²) in [6.45, 7) is 9.38. The molecule has 1 unspecified atom stereocenters. The fourth-order valence-electron chi connectivity index (χ4n) is 2.85. The molecule has 0 spiro atoms. The predicted molar refractivity (Wildman–Crippen MR) is 69.8 cm³/mol. The Balaban J connectivity index is 2.50. The quantitative estimate of drug-likeness (QED) is 0.821. The van der Waals surface area contributed by atoms with Crippen LogP contribution in [-0.2, 0) is 5.54 Å². The summed E-state index contributed by atoms with van der Waals surface area (Å²) >= 11 is 0. The van der Waals surface area contributed by atoms with Crippen LogP contribution < -0.4 is 5.32 Å². The standard InChI is InChI=1S/C15H22FN/c1-10(2)12-9-13(11(3)8-14(12)16)15(4)6-5-7-17-15/h8-10,17H,5-7H2,1-4H3. The van der Waals surface area contributed by atoms with Crippen LogP contribution in [-0.4, -0.2) is 6.54 Å². The minimum atomic E-state index is -0.0668. The van der Waals surface area contributed by atoms with E-state index in [9.17, 15) is 4.39 Å². The van der Waals surface area contributed by atoms with Crippen LogP contribution >= 0.6 is 0 Å². The van der Waals surface area contributed by atoms with Crippen molar-refractivity contribution in [3.63, 3.8) is 0 Å². The second-order valence-corrected chi connectivity index (χ2v) is 5.71. The highest BCUT2D eigenvalue weighted by molar-refractivity contribution is 5.39. The Morgan fingerprint density at radius 3 is 2.59 bits per heavy atom. The van der Waals surface area contributed by atoms with Crippen molar-refractivity contribution in [3.8, 4) is 0 Å². The normalized spacial score (nSPS) is 24.6. The van der Waals surface area contributed by atoms with Crippen LogP contribution in [0.2, 0.25) is 0 Å². The molecule has 0 amide bonds. The third-order valence-electron chi connectivity index (χ3n) is 3.93. The van der Waals surface area contributed by atoms with Gasteiger partial charge in [-0.15, -0.1) is 0 Å². The molecule has 1 atom stereocenters. The molecule has 1 saturated heterocycles. The highest BCUT2D eigenvalue weighted by Gasteiger charge is 2.32. The van der Waals surface area contributed by atoms with Gasteiger partial charge in [-0.05, 0) is 61.9 Å². The third-order valence-corrected chi connectivity index (χ3v) is 3.93. The minimum absolute atomic E-state index is 0.0292. The molecule has 1 fully saturated rings. The van der Waals surface area contributed by atoms with Crippen molar-refractivity contribution < 1.29 is 4.39 Å². The first-order valence-electron chi connectivity index (χ1n) is 6.49. The fraction of sp³-hybridized carbons (Fsp3) is 0.600. The van der Waals surface area contributed by atoms with Gasteiger partial charge in [0.15, 0.2) is 0 Å². The number of benzene rings is 1. The van der Waals surface area contributed by atoms with Crippen molar-refractivity contribution >= 4 is 0 Å². The van der Waals surface area contributed by atoms with Gasteiger partial charge in [0, 0.05) is 5.54 Å². The van der Waals surface area contributed by atoms with Gasteiger partial charge in [-0.1, -0.05) is 19.9 Å². The van der Waals surface area contributed by atoms with Crippen LogP contribution in [0.1, 0.15) is 56.2 Å². The van der Waals surface area contributed by atoms with Gasteiger partial charge < -0.3 is 5.32 Å². The largest absolute Gasteiger partial charge is 0.308 e. The molecule has 2 rings (SSSR count). The zero-order valence-electron chi connectivity index (χ0n) is 11.2. The Morgan fingerprint density at radius 1 is 1.35 bits per heavy atom. The second kappa shape index (κ2) is 4.41. The van der Waals surface area contributed by atoms with Crippen molar-refractivity contribution in [2.75, 3.05) is 6.54 Å². The molecule has 1 aromatic carbocycles. The van der Waals surface area contributed by atoms with Crippen LogP contribution in [0.25, 0.3) is 0 Å². The van der Waals surface area contributed by atoms with E-state index in [0.717, 1.165) is 24.1 Å². The molecule has 1 aliphatic rings. The first-order valence-corrected chi connectivity index (χ1v) is 6.49. The molecular formula is C15H22FN. The van der Waals surface area contributed by atoms with E-state index in [1.165, 1.54) is 12.0 Å². The van der Waals surface area contributed by atoms with Gasteiger partial charge in [0.05, 0.1) is 0 Å². The van der Waals surface area contributed by atoms with Gasteiger partial charge >= 0.3 is 0 Å². The molecule has 17 heavy (non-hydrogen) atoms. The van der Waals surface area contributed by atoms with Crippen molar-refractivity contribution in [1.29, 1.82) is 0 Å². The lowest BCUT2D eigenvalue weighted by molar-refractivity contribution is 0.430. The van der Waals surface area contributed by atoms with Crippen molar-refractivity contribution in [2.24, 2.45) is 0 Å². The van der Waals surface area contributed by atoms with E-state index in [1.54, 1.807) is 6.07 Å². The smallest absolute Gasteiger partial charge is 0.126 e. The van der Waals surface area contributed by atoms with Gasteiger partial charge in [-0.2, -0.15) is 0 Å². The molecule has 1 aliphatic heterocycles. The second-order valence-electron chi connectivity index (χ2n) is 5.71. The lowest BCUT2D eigenvalue weighted by Gasteiger charge is -2.28. The van der Waals surface area contributed by atoms with E-state index in [1.807, 2.05) is 20.8 Å². The summed E-state index contributed by atoms with van der Waals surface area (Å²) in [6, 6.07) is 3.75. The molecule has 2 heteroatoms. The third kappa shape index (κ3) is 2.23. The number of rotatable bonds is 2. The summed E-state index contributed by atoms with van der Waals surface area (Å²) in [5.74, 6) is 0.169. The summed E-state index contributed by atoms with van der Waals surface area (Å²) in [4.78, 5) is 0. The van der Waals surface area contributed by atoms with Crippen LogP contribution in [0.4, 0.5) is 4.39 Å². The predicted octanol–water partition coefficient (Wildman–Crippen LogP) is 3.86. The van der Waals surface area contributed by atoms with Crippen LogP contribution in [0.5, 0.6) is 0 Å². The van der Waals surface area contributed by atoms with Gasteiger partial charge in [-0.3, -0.25) is 0 Å². The maximum absolute atomic E-state index is 13.9. The van der Waals surface area contributed by atoms with E-state index in [4.69, 9.17) is 0 Å². The molecular weight excluding hydrogens is 213 g/mol. The lowest BCUT2D eigenvalue weighted by atomic mass is 9.84. The number of nitrogens with one attached hydrogen (secondary N) is 1. The van der Waals surface area contributed by atoms with Crippen LogP contribution in [0.15, 0.2) is 12.1 Å². The number of hydrogen-bond acceptors (Lipinski definition) is 1. The molecule has 0 saturated carbocycles. The summed E-state index contributed by atoms with van der Waals surface area (Å²) < 4.78 is 13.9. The number of hydrogen-bond donors (Lipinski definition) is 1. The maximum Gasteiger partial charge on any atom is 0.126 e. The van der Waals surface area contributed by atoms with Gasteiger partial charge in [-0.25, -0.2) is 4.39 Å². The minimum Gasteiger partial charge on any atom is -0.308 e. The van der Waals surface area contributed by atoms with E-state index in [0.29, 0.717) is 0 Å². The summed E-state index contributed by atoms with van der Waals surface area (Å²) in [5, 5.41) is 3.55. The van der Waals surface area contributed by atoms with E-state index < -0.39 is 0 Å². The molecule has 0 aromatic heterocycles. The Morgan fingerprint density at radius 2 is 2.06 bits per heavy atom. The lowest BCUT2D eigenvalue weighted by Crippen LogP contribution is -2.34. The number of halogens is 1. The van der Waals surface area contributed by atoms with E-state index in [2.05, 4.69) is 18.3 Å². The fourth-order valence-corrected chi connectivity index (χ4v) is 2.85. The van der Waals surface area contributed by atoms with Crippen LogP contribution in [0, 0.1) is 12.7 Å². The van der Waals surface area contributed by atoms with E-state index >= 15 is 0 Å². The number of aryl methyl sites for hydroxylation is 1. The molecule has 1 aromatic rings. The molecule has 0 aliphatic carbocycles. The molecule has 0 radical (unpaired) electrons. The van der Waals surface area contributed by atoms with Crippen molar-refractivity contribution in [3.05, 3.63) is 34.6 Å². The average molecular weight is 235 g/mol. The molecule has 1 N–H and O–H groups in total.